The van der Waals surface area contributed by atoms with Gasteiger partial charge in [-0.05, 0) is 23.8 Å². The summed E-state index contributed by atoms with van der Waals surface area (Å²) in [6, 6.07) is 9.48. The van der Waals surface area contributed by atoms with E-state index in [0.717, 1.165) is 17.5 Å². The average molecular weight is 251 g/mol. The first-order chi connectivity index (χ1) is 9.31. The van der Waals surface area contributed by atoms with E-state index in [2.05, 4.69) is 0 Å². The van der Waals surface area contributed by atoms with Gasteiger partial charge in [0.1, 0.15) is 0 Å². The molecule has 0 saturated carbocycles. The number of hydrogen-bond acceptors (Lipinski definition) is 3. The molecule has 3 heteroatoms. The number of benzene rings is 1. The molecular formula is C16H13NO2. The molecule has 0 amide bonds. The lowest BCUT2D eigenvalue weighted by Gasteiger charge is -2.34. The minimum Gasteiger partial charge on any atom is -0.369 e. The molecule has 1 atom stereocenters. The Morgan fingerprint density at radius 3 is 2.68 bits per heavy atom. The van der Waals surface area contributed by atoms with Crippen molar-refractivity contribution in [2.45, 2.75) is 6.23 Å². The Morgan fingerprint density at radius 1 is 1.16 bits per heavy atom. The first-order valence-corrected chi connectivity index (χ1v) is 6.09. The van der Waals surface area contributed by atoms with Crippen LogP contribution in [0.3, 0.4) is 0 Å². The van der Waals surface area contributed by atoms with E-state index < -0.39 is 6.23 Å². The molecule has 2 aliphatic rings. The van der Waals surface area contributed by atoms with Crippen LogP contribution in [-0.4, -0.2) is 22.5 Å². The largest absolute Gasteiger partial charge is 0.369 e. The monoisotopic (exact) mass is 251 g/mol. The van der Waals surface area contributed by atoms with E-state index in [4.69, 9.17) is 0 Å². The number of aliphatic hydroxyl groups excluding tert-OH is 1. The van der Waals surface area contributed by atoms with Gasteiger partial charge in [-0.3, -0.25) is 4.79 Å². The maximum absolute atomic E-state index is 11.3. The first-order valence-electron chi connectivity index (χ1n) is 6.09. The van der Waals surface area contributed by atoms with E-state index in [0.29, 0.717) is 11.1 Å². The van der Waals surface area contributed by atoms with E-state index in [-0.39, 0.29) is 0 Å². The third kappa shape index (κ3) is 1.94. The lowest BCUT2D eigenvalue weighted by atomic mass is 9.94. The number of aliphatic hydroxyl groups is 1. The van der Waals surface area contributed by atoms with Crippen LogP contribution in [0.4, 0.5) is 0 Å². The van der Waals surface area contributed by atoms with Crippen LogP contribution in [0.25, 0.3) is 5.57 Å². The second-order valence-corrected chi connectivity index (χ2v) is 4.40. The molecule has 2 heterocycles. The van der Waals surface area contributed by atoms with E-state index in [1.54, 1.807) is 17.2 Å². The fourth-order valence-electron chi connectivity index (χ4n) is 2.37. The van der Waals surface area contributed by atoms with Gasteiger partial charge in [-0.15, -0.1) is 0 Å². The van der Waals surface area contributed by atoms with Crippen LogP contribution in [0.2, 0.25) is 0 Å². The number of hydrogen-bond donors (Lipinski definition) is 1. The van der Waals surface area contributed by atoms with Gasteiger partial charge >= 0.3 is 0 Å². The van der Waals surface area contributed by atoms with Crippen molar-refractivity contribution < 1.29 is 9.90 Å². The fraction of sp³-hybridized carbons (Fsp3) is 0.0625. The van der Waals surface area contributed by atoms with Gasteiger partial charge in [-0.25, -0.2) is 0 Å². The predicted molar refractivity (Wildman–Crippen MR) is 73.6 cm³/mol. The molecule has 94 valence electrons. The van der Waals surface area contributed by atoms with E-state index in [9.17, 15) is 9.90 Å². The quantitative estimate of drug-likeness (QED) is 0.819. The molecule has 0 fully saturated rings. The average Bonchev–Trinajstić information content (AvgIpc) is 2.48. The van der Waals surface area contributed by atoms with E-state index in [1.807, 2.05) is 48.6 Å². The molecule has 1 N–H and O–H groups in total. The van der Waals surface area contributed by atoms with Crippen molar-refractivity contribution >= 4 is 11.9 Å². The fourth-order valence-corrected chi connectivity index (χ4v) is 2.37. The topological polar surface area (TPSA) is 40.5 Å². The highest BCUT2D eigenvalue weighted by molar-refractivity contribution is 5.94. The number of carbonyl (C=O) groups excluding carboxylic acids is 1. The van der Waals surface area contributed by atoms with Gasteiger partial charge < -0.3 is 10.0 Å². The summed E-state index contributed by atoms with van der Waals surface area (Å²) in [5.41, 5.74) is 2.83. The van der Waals surface area contributed by atoms with Crippen LogP contribution >= 0.6 is 0 Å². The molecule has 0 aliphatic carbocycles. The number of allylic oxidation sites excluding steroid dienone is 5. The summed E-state index contributed by atoms with van der Waals surface area (Å²) in [4.78, 5) is 13.0. The standard InChI is InChI=1S/C16H13NO2/c18-11-13-10-14-8-4-5-9-17(14)16(19)15(13)12-6-2-1-3-7-12/h1-11,16,19H. The normalized spacial score (nSPS) is 21.2. The van der Waals surface area contributed by atoms with E-state index >= 15 is 0 Å². The van der Waals surface area contributed by atoms with Gasteiger partial charge in [0.15, 0.2) is 12.5 Å². The molecule has 1 unspecified atom stereocenters. The molecule has 0 aromatic heterocycles. The zero-order valence-corrected chi connectivity index (χ0v) is 10.2. The van der Waals surface area contributed by atoms with Crippen molar-refractivity contribution in [1.29, 1.82) is 0 Å². The summed E-state index contributed by atoms with van der Waals surface area (Å²) in [6.45, 7) is 0. The van der Waals surface area contributed by atoms with Crippen molar-refractivity contribution in [3.05, 3.63) is 77.7 Å². The zero-order valence-electron chi connectivity index (χ0n) is 10.2. The number of aldehydes is 1. The van der Waals surface area contributed by atoms with Crippen molar-refractivity contribution in [3.63, 3.8) is 0 Å². The van der Waals surface area contributed by atoms with Crippen LogP contribution in [0.5, 0.6) is 0 Å². The summed E-state index contributed by atoms with van der Waals surface area (Å²) >= 11 is 0. The summed E-state index contributed by atoms with van der Waals surface area (Å²) in [7, 11) is 0. The predicted octanol–water partition coefficient (Wildman–Crippen LogP) is 2.24. The molecule has 0 bridgehead atoms. The minimum atomic E-state index is -0.844. The molecule has 1 aromatic carbocycles. The lowest BCUT2D eigenvalue weighted by Crippen LogP contribution is -2.34. The Bertz CT molecular complexity index is 623. The van der Waals surface area contributed by atoms with Gasteiger partial charge in [0, 0.05) is 23.0 Å². The van der Waals surface area contributed by atoms with Crippen molar-refractivity contribution in [1.82, 2.24) is 4.90 Å². The second-order valence-electron chi connectivity index (χ2n) is 4.40. The minimum absolute atomic E-state index is 0.518. The van der Waals surface area contributed by atoms with Crippen molar-refractivity contribution in [3.8, 4) is 0 Å². The summed E-state index contributed by atoms with van der Waals surface area (Å²) in [5, 5.41) is 10.5. The molecule has 0 radical (unpaired) electrons. The third-order valence-corrected chi connectivity index (χ3v) is 3.27. The van der Waals surface area contributed by atoms with Gasteiger partial charge in [0.25, 0.3) is 0 Å². The zero-order chi connectivity index (χ0) is 13.2. The van der Waals surface area contributed by atoms with Crippen LogP contribution in [-0.2, 0) is 4.79 Å². The van der Waals surface area contributed by atoms with Crippen LogP contribution in [0, 0.1) is 0 Å². The smallest absolute Gasteiger partial charge is 0.158 e. The molecular weight excluding hydrogens is 238 g/mol. The highest BCUT2D eigenvalue weighted by Gasteiger charge is 2.28. The highest BCUT2D eigenvalue weighted by Crippen LogP contribution is 2.33. The Balaban J connectivity index is 2.16. The molecule has 3 nitrogen and oxygen atoms in total. The van der Waals surface area contributed by atoms with E-state index in [1.165, 1.54) is 0 Å². The van der Waals surface area contributed by atoms with Gasteiger partial charge in [0.2, 0.25) is 0 Å². The van der Waals surface area contributed by atoms with Crippen LogP contribution in [0.1, 0.15) is 5.56 Å². The molecule has 0 spiro atoms. The molecule has 1 aromatic rings. The lowest BCUT2D eigenvalue weighted by molar-refractivity contribution is -0.104. The Labute approximate surface area is 111 Å². The van der Waals surface area contributed by atoms with Gasteiger partial charge in [-0.2, -0.15) is 0 Å². The van der Waals surface area contributed by atoms with Gasteiger partial charge in [0.05, 0.1) is 0 Å². The first kappa shape index (κ1) is 11.7. The second kappa shape index (κ2) is 4.71. The molecule has 3 rings (SSSR count). The highest BCUT2D eigenvalue weighted by atomic mass is 16.3. The summed E-state index contributed by atoms with van der Waals surface area (Å²) < 4.78 is 0. The van der Waals surface area contributed by atoms with Crippen LogP contribution in [0.15, 0.2) is 72.1 Å². The maximum Gasteiger partial charge on any atom is 0.158 e. The molecule has 0 saturated heterocycles. The van der Waals surface area contributed by atoms with Crippen molar-refractivity contribution in [2.24, 2.45) is 0 Å². The number of rotatable bonds is 2. The molecule has 2 aliphatic heterocycles. The third-order valence-electron chi connectivity index (χ3n) is 3.27. The Hall–Kier alpha value is -2.39. The number of fused-ring (bicyclic) bond motifs is 1. The Morgan fingerprint density at radius 2 is 1.95 bits per heavy atom. The van der Waals surface area contributed by atoms with Crippen molar-refractivity contribution in [2.75, 3.05) is 0 Å². The van der Waals surface area contributed by atoms with Gasteiger partial charge in [-0.1, -0.05) is 36.4 Å². The Kier molecular flexibility index (Phi) is 2.89. The summed E-state index contributed by atoms with van der Waals surface area (Å²) in [5.74, 6) is 0. The number of carbonyl (C=O) groups is 1. The maximum atomic E-state index is 11.3. The van der Waals surface area contributed by atoms with Crippen LogP contribution < -0.4 is 0 Å². The molecule has 19 heavy (non-hydrogen) atoms. The SMILES string of the molecule is O=CC1=C(c2ccccc2)C(O)N2C=CC=CC2=C1. The summed E-state index contributed by atoms with van der Waals surface area (Å²) in [6.07, 6.45) is 9.16. The number of nitrogens with zero attached hydrogens (tertiary/aromatic N) is 1.